The van der Waals surface area contributed by atoms with E-state index >= 15 is 0 Å². The van der Waals surface area contributed by atoms with Crippen LogP contribution in [0, 0.1) is 14.4 Å². The Bertz CT molecular complexity index is 203. The number of ketones is 1. The second-order valence-electron chi connectivity index (χ2n) is 2.56. The molecule has 0 saturated heterocycles. The van der Waals surface area contributed by atoms with Gasteiger partial charge in [0.2, 0.25) is 0 Å². The van der Waals surface area contributed by atoms with Crippen molar-refractivity contribution in [2.24, 2.45) is 0 Å². The fraction of sp³-hybridized carbons (Fsp3) is 0.273. The van der Waals surface area contributed by atoms with Crippen molar-refractivity contribution in [3.63, 3.8) is 0 Å². The smallest absolute Gasteiger partial charge is 0.126 e. The van der Waals surface area contributed by atoms with Crippen molar-refractivity contribution in [1.29, 1.82) is 0 Å². The van der Waals surface area contributed by atoms with Gasteiger partial charge in [0.25, 0.3) is 0 Å². The zero-order valence-electron chi connectivity index (χ0n) is 8.87. The van der Waals surface area contributed by atoms with Gasteiger partial charge in [0.1, 0.15) is 5.78 Å². The number of carbonyl (C=O) groups is 1. The SMILES string of the molecule is CC(C)=O.Cc1ccccc1.[CH3-].[Y]. The van der Waals surface area contributed by atoms with Gasteiger partial charge in [-0.15, -0.1) is 0 Å². The van der Waals surface area contributed by atoms with E-state index in [1.54, 1.807) is 0 Å². The van der Waals surface area contributed by atoms with Crippen LogP contribution >= 0.6 is 0 Å². The molecular formula is C11H17OY-. The van der Waals surface area contributed by atoms with E-state index in [0.717, 1.165) is 0 Å². The molecule has 0 fully saturated rings. The van der Waals surface area contributed by atoms with E-state index in [9.17, 15) is 4.79 Å². The summed E-state index contributed by atoms with van der Waals surface area (Å²) in [5.74, 6) is 0.167. The van der Waals surface area contributed by atoms with Crippen molar-refractivity contribution in [2.75, 3.05) is 0 Å². The maximum Gasteiger partial charge on any atom is 0.126 e. The first-order valence-electron chi connectivity index (χ1n) is 3.61. The fourth-order valence-corrected chi connectivity index (χ4v) is 0.534. The van der Waals surface area contributed by atoms with Gasteiger partial charge in [-0.3, -0.25) is 0 Å². The first-order valence-corrected chi connectivity index (χ1v) is 3.61. The third kappa shape index (κ3) is 18.7. The van der Waals surface area contributed by atoms with E-state index in [-0.39, 0.29) is 45.9 Å². The summed E-state index contributed by atoms with van der Waals surface area (Å²) in [7, 11) is 0. The van der Waals surface area contributed by atoms with Gasteiger partial charge in [0.15, 0.2) is 0 Å². The van der Waals surface area contributed by atoms with E-state index in [1.165, 1.54) is 19.4 Å². The van der Waals surface area contributed by atoms with Gasteiger partial charge in [-0.25, -0.2) is 0 Å². The van der Waals surface area contributed by atoms with Gasteiger partial charge in [0.05, 0.1) is 0 Å². The third-order valence-corrected chi connectivity index (χ3v) is 0.940. The Balaban J connectivity index is -0.000000150. The fourth-order valence-electron chi connectivity index (χ4n) is 0.534. The largest absolute Gasteiger partial charge is 0.358 e. The number of benzene rings is 1. The molecule has 1 radical (unpaired) electrons. The Morgan fingerprint density at radius 3 is 1.54 bits per heavy atom. The predicted octanol–water partition coefficient (Wildman–Crippen LogP) is 3.04. The first-order chi connectivity index (χ1) is 5.13. The number of carbonyl (C=O) groups excluding carboxylic acids is 1. The second-order valence-corrected chi connectivity index (χ2v) is 2.56. The van der Waals surface area contributed by atoms with Gasteiger partial charge in [0, 0.05) is 32.7 Å². The van der Waals surface area contributed by atoms with Gasteiger partial charge in [-0.05, 0) is 20.8 Å². The van der Waals surface area contributed by atoms with Crippen LogP contribution in [0.3, 0.4) is 0 Å². The van der Waals surface area contributed by atoms with Crippen LogP contribution in [0.2, 0.25) is 0 Å². The molecular weight excluding hydrogens is 237 g/mol. The molecule has 1 rings (SSSR count). The maximum absolute atomic E-state index is 9.44. The van der Waals surface area contributed by atoms with Crippen LogP contribution < -0.4 is 0 Å². The number of hydrogen-bond donors (Lipinski definition) is 0. The number of rotatable bonds is 0. The molecule has 13 heavy (non-hydrogen) atoms. The molecule has 0 bridgehead atoms. The van der Waals surface area contributed by atoms with Crippen molar-refractivity contribution in [2.45, 2.75) is 20.8 Å². The van der Waals surface area contributed by atoms with Crippen LogP contribution in [0.4, 0.5) is 0 Å². The predicted molar refractivity (Wildman–Crippen MR) is 53.9 cm³/mol. The summed E-state index contributed by atoms with van der Waals surface area (Å²) in [5.41, 5.74) is 1.32. The van der Waals surface area contributed by atoms with Crippen LogP contribution in [0.15, 0.2) is 30.3 Å². The standard InChI is InChI=1S/C7H8.C3H6O.CH3.Y/c1-7-5-3-2-4-6-7;1-3(2)4;;/h2-6H,1H3;1-2H3;1H3;/q;;-1;. The second kappa shape index (κ2) is 12.0. The van der Waals surface area contributed by atoms with Crippen LogP contribution in [0.5, 0.6) is 0 Å². The molecule has 0 amide bonds. The summed E-state index contributed by atoms with van der Waals surface area (Å²) < 4.78 is 0. The Morgan fingerprint density at radius 2 is 1.38 bits per heavy atom. The zero-order valence-corrected chi connectivity index (χ0v) is 11.7. The summed E-state index contributed by atoms with van der Waals surface area (Å²) >= 11 is 0. The minimum atomic E-state index is 0. The summed E-state index contributed by atoms with van der Waals surface area (Å²) in [6.45, 7) is 5.14. The first kappa shape index (κ1) is 18.7. The topological polar surface area (TPSA) is 17.1 Å². The number of aryl methyl sites for hydroxylation is 1. The molecule has 1 aromatic rings. The molecule has 0 saturated carbocycles. The molecule has 71 valence electrons. The average Bonchev–Trinajstić information content (AvgIpc) is 1.87. The van der Waals surface area contributed by atoms with Crippen LogP contribution in [0.1, 0.15) is 19.4 Å². The molecule has 2 heteroatoms. The zero-order chi connectivity index (χ0) is 8.69. The maximum atomic E-state index is 9.44. The number of Topliss-reactive ketones (excluding diaryl/α,β-unsaturated/α-hetero) is 1. The molecule has 0 aliphatic rings. The molecule has 0 aliphatic heterocycles. The van der Waals surface area contributed by atoms with Crippen molar-refractivity contribution in [3.05, 3.63) is 43.3 Å². The minimum Gasteiger partial charge on any atom is -0.358 e. The van der Waals surface area contributed by atoms with E-state index in [0.29, 0.717) is 0 Å². The molecule has 0 unspecified atom stereocenters. The van der Waals surface area contributed by atoms with E-state index in [1.807, 2.05) is 18.2 Å². The van der Waals surface area contributed by atoms with Crippen molar-refractivity contribution >= 4 is 5.78 Å². The monoisotopic (exact) mass is 254 g/mol. The van der Waals surface area contributed by atoms with Gasteiger partial charge in [-0.2, -0.15) is 0 Å². The Morgan fingerprint density at radius 1 is 1.08 bits per heavy atom. The Labute approximate surface area is 107 Å². The van der Waals surface area contributed by atoms with Crippen molar-refractivity contribution in [3.8, 4) is 0 Å². The Kier molecular flexibility index (Phi) is 17.3. The quantitative estimate of drug-likeness (QED) is 0.650. The normalized spacial score (nSPS) is 6.69. The molecule has 1 aromatic carbocycles. The molecule has 0 N–H and O–H groups in total. The molecule has 0 aliphatic carbocycles. The van der Waals surface area contributed by atoms with Gasteiger partial charge >= 0.3 is 0 Å². The van der Waals surface area contributed by atoms with Crippen LogP contribution in [-0.4, -0.2) is 5.78 Å². The van der Waals surface area contributed by atoms with Crippen LogP contribution in [-0.2, 0) is 37.5 Å². The molecule has 0 aromatic heterocycles. The van der Waals surface area contributed by atoms with Crippen molar-refractivity contribution in [1.82, 2.24) is 0 Å². The van der Waals surface area contributed by atoms with E-state index < -0.39 is 0 Å². The van der Waals surface area contributed by atoms with E-state index in [2.05, 4.69) is 19.1 Å². The van der Waals surface area contributed by atoms with Crippen LogP contribution in [0.25, 0.3) is 0 Å². The summed E-state index contributed by atoms with van der Waals surface area (Å²) in [6.07, 6.45) is 0. The average molecular weight is 254 g/mol. The van der Waals surface area contributed by atoms with Crippen molar-refractivity contribution < 1.29 is 37.5 Å². The molecule has 0 atom stereocenters. The van der Waals surface area contributed by atoms with E-state index in [4.69, 9.17) is 0 Å². The molecule has 0 spiro atoms. The third-order valence-electron chi connectivity index (χ3n) is 0.940. The summed E-state index contributed by atoms with van der Waals surface area (Å²) in [6, 6.07) is 10.3. The van der Waals surface area contributed by atoms with Gasteiger partial charge < -0.3 is 12.2 Å². The number of hydrogen-bond acceptors (Lipinski definition) is 1. The summed E-state index contributed by atoms with van der Waals surface area (Å²) in [4.78, 5) is 9.44. The minimum absolute atomic E-state index is 0. The molecule has 0 heterocycles. The molecule has 1 nitrogen and oxygen atoms in total. The summed E-state index contributed by atoms with van der Waals surface area (Å²) in [5, 5.41) is 0. The van der Waals surface area contributed by atoms with Gasteiger partial charge in [-0.1, -0.05) is 35.9 Å². The Hall–Kier alpha value is -0.00610.